The number of unbranched alkanes of at least 4 members (excludes halogenated alkanes) is 3. The van der Waals surface area contributed by atoms with Crippen molar-refractivity contribution in [2.24, 2.45) is 5.41 Å². The minimum absolute atomic E-state index is 0.00621. The van der Waals surface area contributed by atoms with Crippen LogP contribution in [0.5, 0.6) is 0 Å². The SMILES string of the molecule is [CH2]C(O)C(C)(C)CCCCCC. The molecule has 0 aliphatic rings. The van der Waals surface area contributed by atoms with Crippen molar-refractivity contribution >= 4 is 0 Å². The monoisotopic (exact) mass is 171 g/mol. The number of aliphatic hydroxyl groups excluding tert-OH is 1. The van der Waals surface area contributed by atoms with E-state index in [2.05, 4.69) is 27.7 Å². The molecule has 1 N–H and O–H groups in total. The van der Waals surface area contributed by atoms with Crippen molar-refractivity contribution in [1.29, 1.82) is 0 Å². The molecule has 1 heteroatoms. The summed E-state index contributed by atoms with van der Waals surface area (Å²) in [6, 6.07) is 0. The molecule has 0 saturated carbocycles. The van der Waals surface area contributed by atoms with Crippen LogP contribution in [-0.2, 0) is 0 Å². The van der Waals surface area contributed by atoms with Gasteiger partial charge in [-0.15, -0.1) is 0 Å². The fraction of sp³-hybridized carbons (Fsp3) is 0.909. The van der Waals surface area contributed by atoms with Crippen molar-refractivity contribution in [3.63, 3.8) is 0 Å². The van der Waals surface area contributed by atoms with Crippen molar-refractivity contribution in [3.8, 4) is 0 Å². The molecule has 0 heterocycles. The van der Waals surface area contributed by atoms with Gasteiger partial charge in [0.25, 0.3) is 0 Å². The fourth-order valence-electron chi connectivity index (χ4n) is 1.17. The van der Waals surface area contributed by atoms with Gasteiger partial charge in [-0.05, 0) is 18.8 Å². The van der Waals surface area contributed by atoms with Gasteiger partial charge in [-0.25, -0.2) is 0 Å². The Bertz CT molecular complexity index is 106. The van der Waals surface area contributed by atoms with Crippen LogP contribution in [0, 0.1) is 12.3 Å². The number of rotatable bonds is 6. The lowest BCUT2D eigenvalue weighted by molar-refractivity contribution is 0.0788. The smallest absolute Gasteiger partial charge is 0.0592 e. The van der Waals surface area contributed by atoms with Gasteiger partial charge in [0.1, 0.15) is 0 Å². The van der Waals surface area contributed by atoms with Crippen LogP contribution in [0.3, 0.4) is 0 Å². The predicted octanol–water partition coefficient (Wildman–Crippen LogP) is 3.18. The van der Waals surface area contributed by atoms with E-state index < -0.39 is 6.10 Å². The van der Waals surface area contributed by atoms with Crippen LogP contribution < -0.4 is 0 Å². The van der Waals surface area contributed by atoms with Crippen molar-refractivity contribution in [2.75, 3.05) is 0 Å². The van der Waals surface area contributed by atoms with Crippen molar-refractivity contribution in [3.05, 3.63) is 6.92 Å². The van der Waals surface area contributed by atoms with E-state index in [-0.39, 0.29) is 5.41 Å². The molecule has 1 radical (unpaired) electrons. The highest BCUT2D eigenvalue weighted by Crippen LogP contribution is 2.27. The van der Waals surface area contributed by atoms with E-state index in [1.54, 1.807) is 0 Å². The highest BCUT2D eigenvalue weighted by Gasteiger charge is 2.22. The van der Waals surface area contributed by atoms with E-state index in [1.165, 1.54) is 25.7 Å². The molecule has 0 saturated heterocycles. The zero-order valence-electron chi connectivity index (χ0n) is 8.77. The molecule has 0 aromatic rings. The van der Waals surface area contributed by atoms with Crippen LogP contribution in [0.15, 0.2) is 0 Å². The van der Waals surface area contributed by atoms with Gasteiger partial charge in [0.05, 0.1) is 6.10 Å². The lowest BCUT2D eigenvalue weighted by Gasteiger charge is -2.27. The Morgan fingerprint density at radius 2 is 1.83 bits per heavy atom. The summed E-state index contributed by atoms with van der Waals surface area (Å²) in [7, 11) is 0. The first-order valence-corrected chi connectivity index (χ1v) is 5.02. The second-order valence-corrected chi connectivity index (χ2v) is 4.32. The first kappa shape index (κ1) is 12.0. The van der Waals surface area contributed by atoms with Gasteiger partial charge in [0, 0.05) is 0 Å². The minimum Gasteiger partial charge on any atom is -0.393 e. The third kappa shape index (κ3) is 4.76. The number of aliphatic hydroxyl groups is 1. The molecular weight excluding hydrogens is 148 g/mol. The quantitative estimate of drug-likeness (QED) is 0.609. The molecule has 73 valence electrons. The molecular formula is C11H23O. The summed E-state index contributed by atoms with van der Waals surface area (Å²) in [5.41, 5.74) is -0.00621. The molecule has 0 bridgehead atoms. The van der Waals surface area contributed by atoms with Crippen LogP contribution in [0.25, 0.3) is 0 Å². The molecule has 1 atom stereocenters. The fourth-order valence-corrected chi connectivity index (χ4v) is 1.17. The lowest BCUT2D eigenvalue weighted by atomic mass is 9.82. The first-order chi connectivity index (χ1) is 5.50. The molecule has 0 aliphatic heterocycles. The third-order valence-electron chi connectivity index (χ3n) is 2.58. The summed E-state index contributed by atoms with van der Waals surface area (Å²) in [5, 5.41) is 9.33. The Morgan fingerprint density at radius 3 is 2.25 bits per heavy atom. The lowest BCUT2D eigenvalue weighted by Crippen LogP contribution is -2.26. The van der Waals surface area contributed by atoms with E-state index in [9.17, 15) is 5.11 Å². The summed E-state index contributed by atoms with van der Waals surface area (Å²) >= 11 is 0. The normalized spacial score (nSPS) is 14.8. The van der Waals surface area contributed by atoms with Crippen LogP contribution in [-0.4, -0.2) is 11.2 Å². The first-order valence-electron chi connectivity index (χ1n) is 5.02. The molecule has 0 aromatic heterocycles. The number of hydrogen-bond acceptors (Lipinski definition) is 1. The van der Waals surface area contributed by atoms with Crippen LogP contribution in [0.4, 0.5) is 0 Å². The Balaban J connectivity index is 3.47. The highest BCUT2D eigenvalue weighted by atomic mass is 16.3. The Kier molecular flexibility index (Phi) is 5.56. The molecule has 0 rings (SSSR count). The largest absolute Gasteiger partial charge is 0.393 e. The standard InChI is InChI=1S/C11H23O/c1-5-6-7-8-9-11(3,4)10(2)12/h10,12H,2,5-9H2,1,3-4H3. The zero-order valence-corrected chi connectivity index (χ0v) is 8.77. The van der Waals surface area contributed by atoms with Gasteiger partial charge < -0.3 is 5.11 Å². The molecule has 0 aliphatic carbocycles. The van der Waals surface area contributed by atoms with E-state index in [4.69, 9.17) is 0 Å². The van der Waals surface area contributed by atoms with Gasteiger partial charge >= 0.3 is 0 Å². The van der Waals surface area contributed by atoms with Gasteiger partial charge in [0.2, 0.25) is 0 Å². The van der Waals surface area contributed by atoms with Crippen LogP contribution in [0.2, 0.25) is 0 Å². The van der Waals surface area contributed by atoms with E-state index in [0.717, 1.165) is 6.42 Å². The Hall–Kier alpha value is -0.0400. The summed E-state index contributed by atoms with van der Waals surface area (Å²) in [5.74, 6) is 0. The maximum Gasteiger partial charge on any atom is 0.0592 e. The Labute approximate surface area is 77.2 Å². The maximum atomic E-state index is 9.33. The van der Waals surface area contributed by atoms with Crippen molar-refractivity contribution < 1.29 is 5.11 Å². The summed E-state index contributed by atoms with van der Waals surface area (Å²) in [6.07, 6.45) is 5.73. The summed E-state index contributed by atoms with van der Waals surface area (Å²) < 4.78 is 0. The maximum absolute atomic E-state index is 9.33. The average Bonchev–Trinajstić information content (AvgIpc) is 1.98. The topological polar surface area (TPSA) is 20.2 Å². The molecule has 1 nitrogen and oxygen atoms in total. The number of hydrogen-bond donors (Lipinski definition) is 1. The second kappa shape index (κ2) is 5.58. The summed E-state index contributed by atoms with van der Waals surface area (Å²) in [4.78, 5) is 0. The van der Waals surface area contributed by atoms with Gasteiger partial charge in [-0.2, -0.15) is 0 Å². The van der Waals surface area contributed by atoms with E-state index >= 15 is 0 Å². The third-order valence-corrected chi connectivity index (χ3v) is 2.58. The molecule has 0 aromatic carbocycles. The molecule has 12 heavy (non-hydrogen) atoms. The molecule has 0 fully saturated rings. The second-order valence-electron chi connectivity index (χ2n) is 4.32. The van der Waals surface area contributed by atoms with E-state index in [0.29, 0.717) is 0 Å². The van der Waals surface area contributed by atoms with Crippen LogP contribution >= 0.6 is 0 Å². The predicted molar refractivity (Wildman–Crippen MR) is 53.9 cm³/mol. The Morgan fingerprint density at radius 1 is 1.25 bits per heavy atom. The molecule has 0 spiro atoms. The van der Waals surface area contributed by atoms with Gasteiger partial charge in [0.15, 0.2) is 0 Å². The van der Waals surface area contributed by atoms with Crippen LogP contribution in [0.1, 0.15) is 52.9 Å². The summed E-state index contributed by atoms with van der Waals surface area (Å²) in [6.45, 7) is 10.0. The van der Waals surface area contributed by atoms with Crippen molar-refractivity contribution in [2.45, 2.75) is 59.0 Å². The average molecular weight is 171 g/mol. The van der Waals surface area contributed by atoms with Gasteiger partial charge in [-0.3, -0.25) is 0 Å². The van der Waals surface area contributed by atoms with Crippen molar-refractivity contribution in [1.82, 2.24) is 0 Å². The zero-order chi connectivity index (χ0) is 9.61. The highest BCUT2D eigenvalue weighted by molar-refractivity contribution is 4.78. The molecule has 0 amide bonds. The minimum atomic E-state index is -0.431. The van der Waals surface area contributed by atoms with E-state index in [1.807, 2.05) is 0 Å². The molecule has 1 unspecified atom stereocenters. The van der Waals surface area contributed by atoms with Gasteiger partial charge in [-0.1, -0.05) is 46.5 Å².